The van der Waals surface area contributed by atoms with Crippen LogP contribution in [-0.2, 0) is 4.74 Å². The lowest BCUT2D eigenvalue weighted by Gasteiger charge is -2.31. The van der Waals surface area contributed by atoms with E-state index in [-0.39, 0.29) is 16.3 Å². The highest BCUT2D eigenvalue weighted by molar-refractivity contribution is 6.34. The van der Waals surface area contributed by atoms with Crippen molar-refractivity contribution >= 4 is 34.6 Å². The van der Waals surface area contributed by atoms with Gasteiger partial charge in [0.1, 0.15) is 11.5 Å². The van der Waals surface area contributed by atoms with E-state index < -0.39 is 10.8 Å². The monoisotopic (exact) mass is 449 g/mol. The zero-order valence-corrected chi connectivity index (χ0v) is 18.1. The van der Waals surface area contributed by atoms with Crippen LogP contribution >= 0.6 is 11.6 Å². The Hall–Kier alpha value is -3.04. The molecule has 31 heavy (non-hydrogen) atoms. The molecule has 2 aromatic rings. The van der Waals surface area contributed by atoms with Crippen LogP contribution in [0.15, 0.2) is 30.3 Å². The number of carbonyl (C=O) groups excluding carboxylic acids is 1. The number of ether oxygens (including phenoxy) is 3. The zero-order valence-electron chi connectivity index (χ0n) is 17.4. The molecule has 1 saturated heterocycles. The molecular formula is C21H24ClN3O6. The van der Waals surface area contributed by atoms with Crippen molar-refractivity contribution in [1.29, 1.82) is 0 Å². The number of halogens is 1. The van der Waals surface area contributed by atoms with Crippen molar-refractivity contribution in [3.63, 3.8) is 0 Å². The van der Waals surface area contributed by atoms with E-state index in [1.54, 1.807) is 6.07 Å². The summed E-state index contributed by atoms with van der Waals surface area (Å²) in [6.45, 7) is 7.26. The smallest absolute Gasteiger partial charge is 0.270 e. The van der Waals surface area contributed by atoms with Crippen LogP contribution in [0.25, 0.3) is 0 Å². The van der Waals surface area contributed by atoms with Crippen LogP contribution in [0, 0.1) is 10.1 Å². The molecule has 9 nitrogen and oxygen atoms in total. The van der Waals surface area contributed by atoms with E-state index in [2.05, 4.69) is 10.2 Å². The molecule has 166 valence electrons. The van der Waals surface area contributed by atoms with Crippen LogP contribution in [-0.4, -0.2) is 50.3 Å². The molecule has 0 aliphatic carbocycles. The molecule has 0 unspecified atom stereocenters. The molecule has 0 saturated carbocycles. The molecule has 1 amide bonds. The van der Waals surface area contributed by atoms with Gasteiger partial charge in [-0.25, -0.2) is 0 Å². The summed E-state index contributed by atoms with van der Waals surface area (Å²) in [7, 11) is 0. The molecule has 2 aromatic carbocycles. The third-order valence-corrected chi connectivity index (χ3v) is 4.98. The summed E-state index contributed by atoms with van der Waals surface area (Å²) >= 11 is 6.10. The maximum Gasteiger partial charge on any atom is 0.270 e. The fourth-order valence-electron chi connectivity index (χ4n) is 3.24. The predicted octanol–water partition coefficient (Wildman–Crippen LogP) is 4.13. The summed E-state index contributed by atoms with van der Waals surface area (Å²) in [4.78, 5) is 25.3. The molecule has 1 aliphatic rings. The predicted molar refractivity (Wildman–Crippen MR) is 118 cm³/mol. The van der Waals surface area contributed by atoms with Crippen molar-refractivity contribution in [2.75, 3.05) is 49.7 Å². The average Bonchev–Trinajstić information content (AvgIpc) is 2.76. The van der Waals surface area contributed by atoms with Gasteiger partial charge < -0.3 is 24.4 Å². The van der Waals surface area contributed by atoms with Crippen LogP contribution in [0.5, 0.6) is 11.5 Å². The van der Waals surface area contributed by atoms with E-state index in [0.717, 1.165) is 24.8 Å². The normalized spacial score (nSPS) is 13.6. The number of non-ortho nitro benzene ring substituents is 1. The first kappa shape index (κ1) is 22.6. The Kier molecular flexibility index (Phi) is 7.54. The molecule has 0 aromatic heterocycles. The van der Waals surface area contributed by atoms with Gasteiger partial charge >= 0.3 is 0 Å². The standard InChI is InChI=1S/C21H24ClN3O6/c1-3-30-19-13-18(24-7-9-29-10-8-24)20(31-4-2)12-17(19)23-21(26)15-6-5-14(25(27)28)11-16(15)22/h5-6,11-13H,3-4,7-10H2,1-2H3,(H,23,26). The average molecular weight is 450 g/mol. The highest BCUT2D eigenvalue weighted by Gasteiger charge is 2.22. The Morgan fingerprint density at radius 3 is 2.45 bits per heavy atom. The maximum atomic E-state index is 12.8. The van der Waals surface area contributed by atoms with Crippen LogP contribution in [0.1, 0.15) is 24.2 Å². The van der Waals surface area contributed by atoms with Gasteiger partial charge in [0.05, 0.1) is 53.3 Å². The first-order chi connectivity index (χ1) is 14.9. The SMILES string of the molecule is CCOc1cc(N2CCOCC2)c(OCC)cc1NC(=O)c1ccc([N+](=O)[O-])cc1Cl. The number of nitro groups is 1. The highest BCUT2D eigenvalue weighted by atomic mass is 35.5. The lowest BCUT2D eigenvalue weighted by atomic mass is 10.1. The fourth-order valence-corrected chi connectivity index (χ4v) is 3.50. The minimum atomic E-state index is -0.570. The van der Waals surface area contributed by atoms with Gasteiger partial charge in [0.15, 0.2) is 0 Å². The first-order valence-corrected chi connectivity index (χ1v) is 10.3. The Labute approximate surface area is 185 Å². The molecule has 3 rings (SSSR count). The van der Waals surface area contributed by atoms with Gasteiger partial charge in [-0.15, -0.1) is 0 Å². The van der Waals surface area contributed by atoms with Crippen LogP contribution in [0.3, 0.4) is 0 Å². The molecule has 1 N–H and O–H groups in total. The number of nitrogens with one attached hydrogen (secondary N) is 1. The number of amides is 1. The third-order valence-electron chi connectivity index (χ3n) is 4.67. The Balaban J connectivity index is 1.94. The van der Waals surface area contributed by atoms with E-state index in [4.69, 9.17) is 25.8 Å². The number of nitro benzene ring substituents is 1. The highest BCUT2D eigenvalue weighted by Crippen LogP contribution is 2.39. The minimum Gasteiger partial charge on any atom is -0.492 e. The molecule has 1 heterocycles. The summed E-state index contributed by atoms with van der Waals surface area (Å²) in [5.74, 6) is 0.583. The van der Waals surface area contributed by atoms with Gasteiger partial charge in [-0.2, -0.15) is 0 Å². The number of benzene rings is 2. The van der Waals surface area contributed by atoms with Crippen molar-refractivity contribution in [1.82, 2.24) is 0 Å². The molecule has 0 atom stereocenters. The Morgan fingerprint density at radius 1 is 1.16 bits per heavy atom. The van der Waals surface area contributed by atoms with E-state index >= 15 is 0 Å². The van der Waals surface area contributed by atoms with E-state index in [1.807, 2.05) is 19.9 Å². The third kappa shape index (κ3) is 5.36. The maximum absolute atomic E-state index is 12.8. The van der Waals surface area contributed by atoms with Crippen molar-refractivity contribution < 1.29 is 23.9 Å². The van der Waals surface area contributed by atoms with Crippen molar-refractivity contribution in [2.45, 2.75) is 13.8 Å². The first-order valence-electron chi connectivity index (χ1n) is 9.96. The van der Waals surface area contributed by atoms with Crippen LogP contribution in [0.2, 0.25) is 5.02 Å². The topological polar surface area (TPSA) is 103 Å². The Bertz CT molecular complexity index is 962. The van der Waals surface area contributed by atoms with Gasteiger partial charge in [0.25, 0.3) is 11.6 Å². The number of hydrogen-bond donors (Lipinski definition) is 1. The molecule has 10 heteroatoms. The summed E-state index contributed by atoms with van der Waals surface area (Å²) in [6.07, 6.45) is 0. The summed E-state index contributed by atoms with van der Waals surface area (Å²) in [5.41, 5.74) is 1.21. The second-order valence-electron chi connectivity index (χ2n) is 6.66. The second-order valence-corrected chi connectivity index (χ2v) is 7.06. The number of hydrogen-bond acceptors (Lipinski definition) is 7. The van der Waals surface area contributed by atoms with Gasteiger partial charge in [-0.3, -0.25) is 14.9 Å². The molecule has 1 aliphatic heterocycles. The minimum absolute atomic E-state index is 0.0142. The summed E-state index contributed by atoms with van der Waals surface area (Å²) < 4.78 is 17.0. The quantitative estimate of drug-likeness (QED) is 0.477. The van der Waals surface area contributed by atoms with Crippen LogP contribution < -0.4 is 19.7 Å². The molecule has 0 radical (unpaired) electrons. The molecule has 0 spiro atoms. The van der Waals surface area contributed by atoms with Crippen molar-refractivity contribution in [3.8, 4) is 11.5 Å². The molecule has 0 bridgehead atoms. The van der Waals surface area contributed by atoms with Gasteiger partial charge in [0.2, 0.25) is 0 Å². The zero-order chi connectivity index (χ0) is 22.4. The van der Waals surface area contributed by atoms with Crippen molar-refractivity contribution in [3.05, 3.63) is 51.0 Å². The van der Waals surface area contributed by atoms with Crippen molar-refractivity contribution in [2.24, 2.45) is 0 Å². The number of morpholine rings is 1. The lowest BCUT2D eigenvalue weighted by Crippen LogP contribution is -2.36. The number of rotatable bonds is 8. The molecule has 1 fully saturated rings. The summed E-state index contributed by atoms with van der Waals surface area (Å²) in [6, 6.07) is 7.26. The van der Waals surface area contributed by atoms with E-state index in [1.165, 1.54) is 12.1 Å². The fraction of sp³-hybridized carbons (Fsp3) is 0.381. The van der Waals surface area contributed by atoms with Gasteiger partial charge in [-0.05, 0) is 19.9 Å². The summed E-state index contributed by atoms with van der Waals surface area (Å²) in [5, 5.41) is 13.7. The number of nitrogens with zero attached hydrogens (tertiary/aromatic N) is 2. The molecular weight excluding hydrogens is 426 g/mol. The van der Waals surface area contributed by atoms with E-state index in [0.29, 0.717) is 43.6 Å². The number of carbonyl (C=O) groups is 1. The van der Waals surface area contributed by atoms with Crippen LogP contribution in [0.4, 0.5) is 17.1 Å². The second kappa shape index (κ2) is 10.3. The largest absolute Gasteiger partial charge is 0.492 e. The number of anilines is 2. The Morgan fingerprint density at radius 2 is 1.84 bits per heavy atom. The lowest BCUT2D eigenvalue weighted by molar-refractivity contribution is -0.384. The van der Waals surface area contributed by atoms with Gasteiger partial charge in [-0.1, -0.05) is 11.6 Å². The van der Waals surface area contributed by atoms with E-state index in [9.17, 15) is 14.9 Å². The van der Waals surface area contributed by atoms with Gasteiger partial charge in [0, 0.05) is 37.4 Å².